The summed E-state index contributed by atoms with van der Waals surface area (Å²) in [4.78, 5) is 13.0. The molecule has 11 heteroatoms. The van der Waals surface area contributed by atoms with Gasteiger partial charge in [0, 0.05) is 30.3 Å². The first-order valence-corrected chi connectivity index (χ1v) is 9.48. The Labute approximate surface area is 147 Å². The van der Waals surface area contributed by atoms with Gasteiger partial charge in [-0.2, -0.15) is 13.2 Å². The highest BCUT2D eigenvalue weighted by Gasteiger charge is 2.44. The number of hydrogen-bond acceptors (Lipinski definition) is 5. The molecule has 1 amide bonds. The van der Waals surface area contributed by atoms with E-state index in [4.69, 9.17) is 11.6 Å². The van der Waals surface area contributed by atoms with E-state index in [0.29, 0.717) is 5.02 Å². The van der Waals surface area contributed by atoms with Gasteiger partial charge in [-0.15, -0.1) is 0 Å². The maximum Gasteiger partial charge on any atom is 0.426 e. The first-order valence-electron chi connectivity index (χ1n) is 7.28. The lowest BCUT2D eigenvalue weighted by atomic mass is 10.3. The van der Waals surface area contributed by atoms with Crippen LogP contribution < -0.4 is 5.32 Å². The van der Waals surface area contributed by atoms with Gasteiger partial charge in [-0.25, -0.2) is 13.2 Å². The van der Waals surface area contributed by atoms with Gasteiger partial charge in [0.05, 0.1) is 11.5 Å². The summed E-state index contributed by atoms with van der Waals surface area (Å²) in [5, 5.41) is 2.60. The molecule has 1 saturated heterocycles. The van der Waals surface area contributed by atoms with Crippen molar-refractivity contribution in [2.45, 2.75) is 12.3 Å². The third-order valence-corrected chi connectivity index (χ3v) is 5.43. The quantitative estimate of drug-likeness (QED) is 0.840. The van der Waals surface area contributed by atoms with Crippen LogP contribution in [0.3, 0.4) is 0 Å². The van der Waals surface area contributed by atoms with Crippen LogP contribution in [0, 0.1) is 0 Å². The number of rotatable bonds is 4. The van der Waals surface area contributed by atoms with E-state index in [-0.39, 0.29) is 30.3 Å². The summed E-state index contributed by atoms with van der Waals surface area (Å²) in [6, 6.07) is 5.77. The highest BCUT2D eigenvalue weighted by Crippen LogP contribution is 2.25. The number of anilines is 1. The molecule has 0 spiro atoms. The van der Waals surface area contributed by atoms with Crippen LogP contribution in [0.2, 0.25) is 5.02 Å². The predicted molar refractivity (Wildman–Crippen MR) is 86.5 cm³/mol. The molecule has 140 valence electrons. The first kappa shape index (κ1) is 19.8. The Morgan fingerprint density at radius 3 is 2.32 bits per heavy atom. The molecule has 1 aromatic carbocycles. The molecule has 1 unspecified atom stereocenters. The number of carbonyl (C=O) groups is 1. The fraction of sp³-hybridized carbons (Fsp3) is 0.500. The summed E-state index contributed by atoms with van der Waals surface area (Å²) in [7, 11) is -3.21. The number of alkyl halides is 3. The van der Waals surface area contributed by atoms with E-state index < -0.39 is 34.8 Å². The molecule has 1 heterocycles. The zero-order valence-corrected chi connectivity index (χ0v) is 14.5. The average Bonchev–Trinajstić information content (AvgIpc) is 2.50. The van der Waals surface area contributed by atoms with Gasteiger partial charge < -0.3 is 4.74 Å². The maximum atomic E-state index is 13.1. The van der Waals surface area contributed by atoms with E-state index in [2.05, 4.69) is 10.1 Å². The van der Waals surface area contributed by atoms with Crippen molar-refractivity contribution < 1.29 is 31.1 Å². The largest absolute Gasteiger partial charge is 0.435 e. The lowest BCUT2D eigenvalue weighted by molar-refractivity contribution is -0.206. The minimum absolute atomic E-state index is 0.0307. The van der Waals surface area contributed by atoms with Gasteiger partial charge in [0.15, 0.2) is 9.84 Å². The van der Waals surface area contributed by atoms with Crippen LogP contribution >= 0.6 is 11.6 Å². The minimum atomic E-state index is -4.77. The Kier molecular flexibility index (Phi) is 6.17. The lowest BCUT2D eigenvalue weighted by Gasteiger charge is -2.30. The minimum Gasteiger partial charge on any atom is -0.435 e. The SMILES string of the molecule is O=C(Nc1ccc(Cl)cc1)OC(CN1CCS(=O)(=O)CC1)C(F)(F)F. The van der Waals surface area contributed by atoms with Crippen molar-refractivity contribution in [2.75, 3.05) is 36.5 Å². The smallest absolute Gasteiger partial charge is 0.426 e. The van der Waals surface area contributed by atoms with E-state index in [9.17, 15) is 26.4 Å². The molecule has 1 N–H and O–H groups in total. The summed E-state index contributed by atoms with van der Waals surface area (Å²) in [5.74, 6) is -0.427. The molecule has 0 bridgehead atoms. The molecule has 0 saturated carbocycles. The maximum absolute atomic E-state index is 13.1. The fourth-order valence-corrected chi connectivity index (χ4v) is 3.59. The second-order valence-corrected chi connectivity index (χ2v) is 8.26. The number of amides is 1. The molecule has 1 fully saturated rings. The van der Waals surface area contributed by atoms with Crippen LogP contribution in [0.15, 0.2) is 24.3 Å². The zero-order valence-electron chi connectivity index (χ0n) is 12.9. The van der Waals surface area contributed by atoms with Crippen LogP contribution in [0.5, 0.6) is 0 Å². The van der Waals surface area contributed by atoms with E-state index in [1.54, 1.807) is 0 Å². The van der Waals surface area contributed by atoms with Crippen LogP contribution in [0.4, 0.5) is 23.7 Å². The molecule has 6 nitrogen and oxygen atoms in total. The molecule has 0 radical (unpaired) electrons. The van der Waals surface area contributed by atoms with Crippen LogP contribution in [-0.4, -0.2) is 62.8 Å². The van der Waals surface area contributed by atoms with Crippen molar-refractivity contribution in [3.8, 4) is 0 Å². The van der Waals surface area contributed by atoms with Gasteiger partial charge in [-0.3, -0.25) is 10.2 Å². The van der Waals surface area contributed by atoms with Gasteiger partial charge >= 0.3 is 12.3 Å². The van der Waals surface area contributed by atoms with Gasteiger partial charge in [0.25, 0.3) is 0 Å². The Morgan fingerprint density at radius 1 is 1.24 bits per heavy atom. The van der Waals surface area contributed by atoms with Gasteiger partial charge in [0.1, 0.15) is 0 Å². The monoisotopic (exact) mass is 400 g/mol. The number of carbonyl (C=O) groups excluding carboxylic acids is 1. The standard InChI is InChI=1S/C14H16ClF3N2O4S/c15-10-1-3-11(4-2-10)19-13(21)24-12(14(16,17)18)9-20-5-7-25(22,23)8-6-20/h1-4,12H,5-9H2,(H,19,21). The summed E-state index contributed by atoms with van der Waals surface area (Å²) >= 11 is 5.68. The summed E-state index contributed by atoms with van der Waals surface area (Å²) < 4.78 is 66.5. The summed E-state index contributed by atoms with van der Waals surface area (Å²) in [5.41, 5.74) is 0.236. The predicted octanol–water partition coefficient (Wildman–Crippen LogP) is 2.55. The molecule has 1 aliphatic rings. The second-order valence-electron chi connectivity index (χ2n) is 5.52. The van der Waals surface area contributed by atoms with Crippen molar-refractivity contribution in [1.82, 2.24) is 4.90 Å². The Bertz CT molecular complexity index is 696. The molecule has 0 aliphatic carbocycles. The third kappa shape index (κ3) is 6.37. The average molecular weight is 401 g/mol. The number of halogens is 4. The zero-order chi connectivity index (χ0) is 18.7. The highest BCUT2D eigenvalue weighted by atomic mass is 35.5. The molecular weight excluding hydrogens is 385 g/mol. The number of nitrogens with zero attached hydrogens (tertiary/aromatic N) is 1. The normalized spacial score (nSPS) is 19.2. The van der Waals surface area contributed by atoms with E-state index in [1.165, 1.54) is 29.2 Å². The molecule has 25 heavy (non-hydrogen) atoms. The van der Waals surface area contributed by atoms with Crippen molar-refractivity contribution in [3.63, 3.8) is 0 Å². The molecule has 1 aromatic rings. The van der Waals surface area contributed by atoms with E-state index in [0.717, 1.165) is 0 Å². The Hall–Kier alpha value is -1.52. The van der Waals surface area contributed by atoms with Crippen LogP contribution in [0.25, 0.3) is 0 Å². The van der Waals surface area contributed by atoms with Crippen molar-refractivity contribution in [2.24, 2.45) is 0 Å². The fourth-order valence-electron chi connectivity index (χ4n) is 2.18. The number of hydrogen-bond donors (Lipinski definition) is 1. The van der Waals surface area contributed by atoms with Crippen LogP contribution in [0.1, 0.15) is 0 Å². The topological polar surface area (TPSA) is 75.7 Å². The van der Waals surface area contributed by atoms with Crippen molar-refractivity contribution >= 4 is 33.2 Å². The number of sulfone groups is 1. The number of benzene rings is 1. The van der Waals surface area contributed by atoms with Crippen molar-refractivity contribution in [1.29, 1.82) is 0 Å². The molecule has 1 atom stereocenters. The second kappa shape index (κ2) is 7.79. The van der Waals surface area contributed by atoms with E-state index >= 15 is 0 Å². The summed E-state index contributed by atoms with van der Waals surface area (Å²) in [6.45, 7) is -0.679. The Morgan fingerprint density at radius 2 is 1.80 bits per heavy atom. The number of nitrogens with one attached hydrogen (secondary N) is 1. The molecular formula is C14H16ClF3N2O4S. The molecule has 2 rings (SSSR count). The number of ether oxygens (including phenoxy) is 1. The lowest BCUT2D eigenvalue weighted by Crippen LogP contribution is -2.49. The molecule has 0 aromatic heterocycles. The van der Waals surface area contributed by atoms with Crippen LogP contribution in [-0.2, 0) is 14.6 Å². The van der Waals surface area contributed by atoms with Crippen molar-refractivity contribution in [3.05, 3.63) is 29.3 Å². The van der Waals surface area contributed by atoms with E-state index in [1.807, 2.05) is 0 Å². The van der Waals surface area contributed by atoms with Gasteiger partial charge in [-0.05, 0) is 24.3 Å². The molecule has 1 aliphatic heterocycles. The summed E-state index contributed by atoms with van der Waals surface area (Å²) in [6.07, 6.45) is -8.39. The third-order valence-electron chi connectivity index (χ3n) is 3.57. The highest BCUT2D eigenvalue weighted by molar-refractivity contribution is 7.91. The Balaban J connectivity index is 1.95. The van der Waals surface area contributed by atoms with Gasteiger partial charge in [-0.1, -0.05) is 11.6 Å². The first-order chi connectivity index (χ1) is 11.5. The van der Waals surface area contributed by atoms with Gasteiger partial charge in [0.2, 0.25) is 6.10 Å².